The molecule has 0 aliphatic heterocycles. The van der Waals surface area contributed by atoms with Crippen molar-refractivity contribution in [2.24, 2.45) is 0 Å². The lowest BCUT2D eigenvalue weighted by molar-refractivity contribution is -0.137. The molecular weight excluding hydrogens is 369 g/mol. The number of pyridine rings is 1. The fourth-order valence-corrected chi connectivity index (χ4v) is 2.89. The van der Waals surface area contributed by atoms with Gasteiger partial charge in [-0.3, -0.25) is 9.20 Å². The van der Waals surface area contributed by atoms with Gasteiger partial charge in [-0.1, -0.05) is 23.4 Å². The van der Waals surface area contributed by atoms with Gasteiger partial charge in [-0.25, -0.2) is 0 Å². The molecule has 0 aromatic carbocycles. The molecule has 2 rings (SSSR count). The van der Waals surface area contributed by atoms with Crippen LogP contribution in [0.1, 0.15) is 12.5 Å². The van der Waals surface area contributed by atoms with Gasteiger partial charge in [-0.2, -0.15) is 13.2 Å². The molecule has 2 aromatic rings. The lowest BCUT2D eigenvalue weighted by Crippen LogP contribution is -2.36. The Morgan fingerprint density at radius 2 is 2.21 bits per heavy atom. The quantitative estimate of drug-likeness (QED) is 0.778. The number of nitrogens with zero attached hydrogens (tertiary/aromatic N) is 3. The van der Waals surface area contributed by atoms with Crippen molar-refractivity contribution in [3.63, 3.8) is 0 Å². The first-order valence-electron chi connectivity index (χ1n) is 6.75. The number of fused-ring (bicyclic) bond motifs is 1. The number of rotatable bonds is 6. The maximum Gasteiger partial charge on any atom is 0.417 e. The minimum Gasteiger partial charge on any atom is -0.383 e. The normalized spacial score (nSPS) is 13.2. The van der Waals surface area contributed by atoms with Crippen LogP contribution < -0.4 is 5.32 Å². The lowest BCUT2D eigenvalue weighted by atomic mass is 10.3. The Balaban J connectivity index is 2.15. The van der Waals surface area contributed by atoms with E-state index in [4.69, 9.17) is 16.3 Å². The highest BCUT2D eigenvalue weighted by Crippen LogP contribution is 2.33. The second-order valence-electron chi connectivity index (χ2n) is 4.96. The number of halogens is 4. The molecule has 0 aliphatic rings. The molecule has 6 nitrogen and oxygen atoms in total. The van der Waals surface area contributed by atoms with Crippen LogP contribution in [0.3, 0.4) is 0 Å². The molecule has 0 unspecified atom stereocenters. The summed E-state index contributed by atoms with van der Waals surface area (Å²) < 4.78 is 44.6. The first-order valence-corrected chi connectivity index (χ1v) is 8.11. The number of carbonyl (C=O) groups excluding carboxylic acids is 1. The van der Waals surface area contributed by atoms with Gasteiger partial charge in [0, 0.05) is 19.3 Å². The van der Waals surface area contributed by atoms with E-state index in [-0.39, 0.29) is 33.5 Å². The summed E-state index contributed by atoms with van der Waals surface area (Å²) in [4.78, 5) is 11.8. The number of nitrogens with one attached hydrogen (secondary N) is 1. The van der Waals surface area contributed by atoms with Crippen molar-refractivity contribution in [1.29, 1.82) is 0 Å². The molecule has 1 amide bonds. The Morgan fingerprint density at radius 3 is 2.83 bits per heavy atom. The molecule has 0 fully saturated rings. The number of alkyl halides is 3. The molecule has 24 heavy (non-hydrogen) atoms. The van der Waals surface area contributed by atoms with E-state index < -0.39 is 11.7 Å². The van der Waals surface area contributed by atoms with Gasteiger partial charge in [-0.15, -0.1) is 10.2 Å². The van der Waals surface area contributed by atoms with Gasteiger partial charge < -0.3 is 10.1 Å². The van der Waals surface area contributed by atoms with E-state index in [1.54, 1.807) is 6.92 Å². The maximum absolute atomic E-state index is 12.9. The number of methoxy groups -OCH3 is 1. The van der Waals surface area contributed by atoms with Gasteiger partial charge in [0.05, 0.1) is 22.9 Å². The van der Waals surface area contributed by atoms with Gasteiger partial charge in [-0.05, 0) is 13.0 Å². The van der Waals surface area contributed by atoms with Crippen molar-refractivity contribution in [2.45, 2.75) is 24.3 Å². The molecule has 132 valence electrons. The second kappa shape index (κ2) is 7.58. The zero-order valence-electron chi connectivity index (χ0n) is 12.7. The summed E-state index contributed by atoms with van der Waals surface area (Å²) in [6.07, 6.45) is -3.69. The fraction of sp³-hybridized carbons (Fsp3) is 0.462. The summed E-state index contributed by atoms with van der Waals surface area (Å²) in [5, 5.41) is 10.2. The van der Waals surface area contributed by atoms with Crippen LogP contribution >= 0.6 is 23.4 Å². The average molecular weight is 383 g/mol. The fourth-order valence-electron chi connectivity index (χ4n) is 1.93. The van der Waals surface area contributed by atoms with Gasteiger partial charge in [0.25, 0.3) is 0 Å². The summed E-state index contributed by atoms with van der Waals surface area (Å²) >= 11 is 6.79. The van der Waals surface area contributed by atoms with Gasteiger partial charge in [0.1, 0.15) is 0 Å². The third-order valence-electron chi connectivity index (χ3n) is 2.91. The van der Waals surface area contributed by atoms with Crippen molar-refractivity contribution in [2.75, 3.05) is 19.5 Å². The highest BCUT2D eigenvalue weighted by Gasteiger charge is 2.32. The molecule has 0 saturated carbocycles. The maximum atomic E-state index is 12.9. The highest BCUT2D eigenvalue weighted by atomic mass is 35.5. The molecule has 0 radical (unpaired) electrons. The van der Waals surface area contributed by atoms with E-state index in [2.05, 4.69) is 15.5 Å². The number of ether oxygens (including phenoxy) is 1. The molecule has 1 atom stereocenters. The van der Waals surface area contributed by atoms with Crippen LogP contribution in [0, 0.1) is 0 Å². The average Bonchev–Trinajstić information content (AvgIpc) is 2.88. The van der Waals surface area contributed by atoms with Crippen molar-refractivity contribution in [3.05, 3.63) is 22.8 Å². The summed E-state index contributed by atoms with van der Waals surface area (Å²) in [6.45, 7) is 2.13. The largest absolute Gasteiger partial charge is 0.417 e. The minimum atomic E-state index is -4.54. The topological polar surface area (TPSA) is 68.5 Å². The number of amides is 1. The Hall–Kier alpha value is -1.52. The third-order valence-corrected chi connectivity index (χ3v) is 4.13. The Bertz CT molecular complexity index is 738. The molecule has 0 spiro atoms. The molecule has 0 bridgehead atoms. The molecule has 1 N–H and O–H groups in total. The monoisotopic (exact) mass is 382 g/mol. The first kappa shape index (κ1) is 18.8. The van der Waals surface area contributed by atoms with Crippen LogP contribution in [-0.4, -0.2) is 46.0 Å². The summed E-state index contributed by atoms with van der Waals surface area (Å²) in [7, 11) is 1.52. The smallest absolute Gasteiger partial charge is 0.383 e. The third kappa shape index (κ3) is 4.52. The zero-order valence-corrected chi connectivity index (χ0v) is 14.3. The predicted octanol–water partition coefficient (Wildman–Crippen LogP) is 2.64. The van der Waals surface area contributed by atoms with Gasteiger partial charge in [0.15, 0.2) is 10.8 Å². The van der Waals surface area contributed by atoms with Crippen LogP contribution in [0.15, 0.2) is 17.4 Å². The zero-order chi connectivity index (χ0) is 17.9. The number of aromatic nitrogens is 3. The molecule has 0 aliphatic carbocycles. The van der Waals surface area contributed by atoms with Gasteiger partial charge >= 0.3 is 6.18 Å². The molecule has 11 heteroatoms. The van der Waals surface area contributed by atoms with E-state index in [9.17, 15) is 18.0 Å². The van der Waals surface area contributed by atoms with Crippen LogP contribution in [0.2, 0.25) is 5.02 Å². The van der Waals surface area contributed by atoms with Crippen LogP contribution in [0.25, 0.3) is 5.65 Å². The molecule has 2 aromatic heterocycles. The van der Waals surface area contributed by atoms with E-state index in [0.29, 0.717) is 6.61 Å². The first-order chi connectivity index (χ1) is 11.2. The Kier molecular flexibility index (Phi) is 5.94. The second-order valence-corrected chi connectivity index (χ2v) is 6.31. The number of carbonyl (C=O) groups is 1. The number of hydrogen-bond donors (Lipinski definition) is 1. The van der Waals surface area contributed by atoms with Crippen LogP contribution in [0.4, 0.5) is 13.2 Å². The highest BCUT2D eigenvalue weighted by molar-refractivity contribution is 7.99. The summed E-state index contributed by atoms with van der Waals surface area (Å²) in [6, 6.07) is 0.614. The summed E-state index contributed by atoms with van der Waals surface area (Å²) in [5.41, 5.74) is -0.819. The predicted molar refractivity (Wildman–Crippen MR) is 83.2 cm³/mol. The van der Waals surface area contributed by atoms with Crippen LogP contribution in [-0.2, 0) is 15.7 Å². The van der Waals surface area contributed by atoms with Crippen molar-refractivity contribution in [1.82, 2.24) is 19.9 Å². The van der Waals surface area contributed by atoms with E-state index in [0.717, 1.165) is 28.4 Å². The van der Waals surface area contributed by atoms with E-state index >= 15 is 0 Å². The van der Waals surface area contributed by atoms with E-state index in [1.807, 2.05) is 0 Å². The summed E-state index contributed by atoms with van der Waals surface area (Å²) in [5.74, 6) is -0.317. The van der Waals surface area contributed by atoms with Crippen LogP contribution in [0.5, 0.6) is 0 Å². The minimum absolute atomic E-state index is 0.0251. The Labute approximate surface area is 144 Å². The SMILES string of the molecule is COC[C@H](C)NC(=O)CSc1nnc2c(Cl)cc(C(F)(F)F)cn12. The molecule has 2 heterocycles. The number of hydrogen-bond acceptors (Lipinski definition) is 5. The van der Waals surface area contributed by atoms with Crippen molar-refractivity contribution >= 4 is 34.9 Å². The van der Waals surface area contributed by atoms with E-state index in [1.165, 1.54) is 7.11 Å². The molecule has 0 saturated heterocycles. The van der Waals surface area contributed by atoms with Gasteiger partial charge in [0.2, 0.25) is 5.91 Å². The standard InChI is InChI=1S/C13H14ClF3N4O2S/c1-7(5-23-2)18-10(22)6-24-12-20-19-11-9(14)3-8(4-21(11)12)13(15,16)17/h3-4,7H,5-6H2,1-2H3,(H,18,22)/t7-/m0/s1. The lowest BCUT2D eigenvalue weighted by Gasteiger charge is -2.12. The van der Waals surface area contributed by atoms with Crippen molar-refractivity contribution < 1.29 is 22.7 Å². The molecular formula is C13H14ClF3N4O2S. The van der Waals surface area contributed by atoms with Crippen molar-refractivity contribution in [3.8, 4) is 0 Å². The Morgan fingerprint density at radius 1 is 1.50 bits per heavy atom. The number of thioether (sulfide) groups is 1.